The van der Waals surface area contributed by atoms with Crippen molar-refractivity contribution in [1.82, 2.24) is 10.3 Å². The minimum absolute atomic E-state index is 0.0448. The number of ether oxygens (including phenoxy) is 2. The van der Waals surface area contributed by atoms with Crippen molar-refractivity contribution < 1.29 is 37.6 Å². The van der Waals surface area contributed by atoms with Crippen LogP contribution in [0.2, 0.25) is 5.04 Å². The van der Waals surface area contributed by atoms with Crippen molar-refractivity contribution in [1.29, 1.82) is 0 Å². The van der Waals surface area contributed by atoms with Gasteiger partial charge in [0.25, 0.3) is 8.32 Å². The first-order valence-corrected chi connectivity index (χ1v) is 31.1. The summed E-state index contributed by atoms with van der Waals surface area (Å²) in [6.07, 6.45) is 15.7. The Hall–Kier alpha value is -4.06. The van der Waals surface area contributed by atoms with E-state index in [1.165, 1.54) is 85.7 Å². The number of esters is 2. The Labute approximate surface area is 452 Å². The third-order valence-corrected chi connectivity index (χ3v) is 21.0. The maximum Gasteiger partial charge on any atom is 0.306 e. The number of aromatic nitrogens is 2. The molecular weight excluding hydrogens is 953 g/mol. The van der Waals surface area contributed by atoms with Gasteiger partial charge in [-0.3, -0.25) is 9.59 Å². The molecule has 11 heteroatoms. The molecule has 414 valence electrons. The van der Waals surface area contributed by atoms with Crippen molar-refractivity contribution in [3.8, 4) is 0 Å². The topological polar surface area (TPSA) is 134 Å². The highest BCUT2D eigenvalue weighted by Crippen LogP contribution is 2.55. The molecule has 2 heterocycles. The Morgan fingerprint density at radius 1 is 0.600 bits per heavy atom. The van der Waals surface area contributed by atoms with Crippen molar-refractivity contribution in [2.24, 2.45) is 23.7 Å². The van der Waals surface area contributed by atoms with Gasteiger partial charge in [-0.1, -0.05) is 119 Å². The van der Waals surface area contributed by atoms with Gasteiger partial charge >= 0.3 is 11.9 Å². The predicted molar refractivity (Wildman–Crippen MR) is 302 cm³/mol. The summed E-state index contributed by atoms with van der Waals surface area (Å²) in [6, 6.07) is 21.6. The van der Waals surface area contributed by atoms with Crippen LogP contribution in [0.1, 0.15) is 262 Å². The molecule has 75 heavy (non-hydrogen) atoms. The number of hydrogen-bond acceptors (Lipinski definition) is 10. The Balaban J connectivity index is 0.000000243. The molecule has 2 atom stereocenters. The zero-order chi connectivity index (χ0) is 54.3. The van der Waals surface area contributed by atoms with Crippen molar-refractivity contribution in [2.75, 3.05) is 13.2 Å². The van der Waals surface area contributed by atoms with E-state index in [0.29, 0.717) is 49.5 Å². The minimum Gasteiger partial charge on any atom is -0.460 e. The van der Waals surface area contributed by atoms with Crippen LogP contribution in [0, 0.1) is 23.7 Å². The van der Waals surface area contributed by atoms with E-state index in [9.17, 15) is 14.7 Å². The SMILES string of the molecule is CC(C)CC1CC(c2onc([C@@H](CCCO)CC(=O)OC(C)(C)C)c2C2CC2)C1.CC(C)CC1CC(c2onc([C@@H](CCCO[Si](c3ccccc3)(c3ccccc3)C(C)(C)C)CC(=O)OC(C)(C)C)c2C2CC2)C1. The van der Waals surface area contributed by atoms with Crippen LogP contribution in [0.5, 0.6) is 0 Å². The second-order valence-electron chi connectivity index (χ2n) is 27.1. The number of carbonyl (C=O) groups is 2. The molecule has 0 aliphatic heterocycles. The summed E-state index contributed by atoms with van der Waals surface area (Å²) in [5.41, 5.74) is 3.53. The second-order valence-corrected chi connectivity index (χ2v) is 31.4. The Kier molecular flexibility index (Phi) is 19.7. The molecule has 4 fully saturated rings. The number of carbonyl (C=O) groups excluding carboxylic acids is 2. The third kappa shape index (κ3) is 15.8. The summed E-state index contributed by atoms with van der Waals surface area (Å²) >= 11 is 0. The van der Waals surface area contributed by atoms with Crippen LogP contribution in [0.4, 0.5) is 0 Å². The minimum atomic E-state index is -2.64. The molecule has 0 unspecified atom stereocenters. The lowest BCUT2D eigenvalue weighted by molar-refractivity contribution is -0.156. The molecule has 2 aromatic heterocycles. The number of rotatable bonds is 24. The van der Waals surface area contributed by atoms with Gasteiger partial charge in [-0.05, 0) is 182 Å². The van der Waals surface area contributed by atoms with E-state index >= 15 is 0 Å². The largest absolute Gasteiger partial charge is 0.460 e. The average Bonchev–Trinajstić information content (AvgIpc) is 4.24. The van der Waals surface area contributed by atoms with E-state index in [2.05, 4.69) is 114 Å². The molecule has 0 amide bonds. The molecule has 4 aromatic rings. The van der Waals surface area contributed by atoms with Gasteiger partial charge in [-0.2, -0.15) is 0 Å². The molecule has 1 N–H and O–H groups in total. The molecule has 2 aromatic carbocycles. The zero-order valence-corrected chi connectivity index (χ0v) is 49.5. The summed E-state index contributed by atoms with van der Waals surface area (Å²) in [7, 11) is -2.64. The van der Waals surface area contributed by atoms with Crippen molar-refractivity contribution in [2.45, 2.75) is 244 Å². The van der Waals surface area contributed by atoms with Gasteiger partial charge < -0.3 is 28.1 Å². The summed E-state index contributed by atoms with van der Waals surface area (Å²) in [6.45, 7) is 28.4. The van der Waals surface area contributed by atoms with E-state index in [1.54, 1.807) is 0 Å². The lowest BCUT2D eigenvalue weighted by atomic mass is 9.69. The molecule has 10 nitrogen and oxygen atoms in total. The van der Waals surface area contributed by atoms with Gasteiger partial charge in [0, 0.05) is 48.0 Å². The third-order valence-electron chi connectivity index (χ3n) is 15.9. The first-order chi connectivity index (χ1) is 35.5. The number of hydrogen-bond donors (Lipinski definition) is 1. The van der Waals surface area contributed by atoms with Gasteiger partial charge in [-0.25, -0.2) is 0 Å². The van der Waals surface area contributed by atoms with E-state index in [0.717, 1.165) is 65.8 Å². The van der Waals surface area contributed by atoms with Crippen LogP contribution in [0.25, 0.3) is 0 Å². The van der Waals surface area contributed by atoms with Crippen LogP contribution in [0.3, 0.4) is 0 Å². The molecule has 4 aliphatic rings. The number of aliphatic hydroxyl groups is 1. The first-order valence-electron chi connectivity index (χ1n) is 29.2. The Morgan fingerprint density at radius 3 is 1.32 bits per heavy atom. The van der Waals surface area contributed by atoms with Crippen LogP contribution >= 0.6 is 0 Å². The number of nitrogens with zero attached hydrogens (tertiary/aromatic N) is 2. The van der Waals surface area contributed by atoms with Gasteiger partial charge in [0.15, 0.2) is 0 Å². The molecule has 0 saturated heterocycles. The van der Waals surface area contributed by atoms with Crippen LogP contribution < -0.4 is 10.4 Å². The maximum atomic E-state index is 13.3. The molecule has 0 spiro atoms. The van der Waals surface area contributed by atoms with Gasteiger partial charge in [0.05, 0.1) is 24.2 Å². The van der Waals surface area contributed by atoms with E-state index in [1.807, 2.05) is 41.5 Å². The van der Waals surface area contributed by atoms with Crippen molar-refractivity contribution in [3.05, 3.63) is 94.7 Å². The highest BCUT2D eigenvalue weighted by molar-refractivity contribution is 6.99. The second kappa shape index (κ2) is 25.2. The normalized spacial score (nSPS) is 21.0. The molecule has 0 bridgehead atoms. The fourth-order valence-corrected chi connectivity index (χ4v) is 17.1. The number of aliphatic hydroxyl groups excluding tert-OH is 1. The zero-order valence-electron chi connectivity index (χ0n) is 48.5. The fourth-order valence-electron chi connectivity index (χ4n) is 12.5. The summed E-state index contributed by atoms with van der Waals surface area (Å²) in [4.78, 5) is 25.8. The van der Waals surface area contributed by atoms with Gasteiger partial charge in [-0.15, -0.1) is 0 Å². The van der Waals surface area contributed by atoms with E-state index in [-0.39, 0.29) is 35.4 Å². The van der Waals surface area contributed by atoms with Gasteiger partial charge in [0.1, 0.15) is 22.7 Å². The lowest BCUT2D eigenvalue weighted by Gasteiger charge is -2.43. The molecular formula is C64H96N2O8Si. The fraction of sp³-hybridized carbons (Fsp3) is 0.688. The summed E-state index contributed by atoms with van der Waals surface area (Å²) in [5.74, 6) is 6.75. The van der Waals surface area contributed by atoms with Crippen molar-refractivity contribution in [3.63, 3.8) is 0 Å². The first kappa shape index (κ1) is 58.6. The predicted octanol–water partition coefficient (Wildman–Crippen LogP) is 14.9. The Morgan fingerprint density at radius 2 is 0.987 bits per heavy atom. The number of benzene rings is 2. The summed E-state index contributed by atoms with van der Waals surface area (Å²) in [5, 5.41) is 21.1. The quantitative estimate of drug-likeness (QED) is 0.0411. The highest BCUT2D eigenvalue weighted by atomic mass is 28.4. The van der Waals surface area contributed by atoms with Crippen LogP contribution in [-0.4, -0.2) is 60.1 Å². The van der Waals surface area contributed by atoms with Gasteiger partial charge in [0.2, 0.25) is 0 Å². The van der Waals surface area contributed by atoms with E-state index in [4.69, 9.17) is 28.1 Å². The van der Waals surface area contributed by atoms with Crippen LogP contribution in [0.15, 0.2) is 69.7 Å². The lowest BCUT2D eigenvalue weighted by Crippen LogP contribution is -2.66. The summed E-state index contributed by atoms with van der Waals surface area (Å²) < 4.78 is 30.8. The van der Waals surface area contributed by atoms with Crippen molar-refractivity contribution >= 4 is 30.6 Å². The Bertz CT molecular complexity index is 2360. The average molecular weight is 1050 g/mol. The van der Waals surface area contributed by atoms with E-state index < -0.39 is 19.5 Å². The maximum absolute atomic E-state index is 13.3. The molecule has 4 saturated carbocycles. The monoisotopic (exact) mass is 1050 g/mol. The molecule has 8 rings (SSSR count). The highest BCUT2D eigenvalue weighted by Gasteiger charge is 2.50. The van der Waals surface area contributed by atoms with Crippen LogP contribution in [-0.2, 0) is 23.5 Å². The molecule has 0 radical (unpaired) electrons. The smallest absolute Gasteiger partial charge is 0.306 e. The molecule has 4 aliphatic carbocycles. The standard InChI is InChI=1S/C40H57NO4Si.C24H39NO4/c1-28(2)24-29-25-32(26-29)38-36(30-21-22-30)37(41-45-38)31(27-35(42)44-39(3,4)5)16-15-23-43-46(40(6,7)8,33-17-11-9-12-18-33)34-19-13-10-14-20-34;1-15(2)11-16-12-19(13-16)23-21(17-8-9-17)22(25-29-23)18(7-6-10-26)14-20(27)28-24(3,4)5/h9-14,17-20,28-32H,15-16,21-27H2,1-8H3;15-19,26H,6-14H2,1-5H3/t29?,31-,32?;16?,18-,19?/m00/s1.